The number of amides is 1. The quantitative estimate of drug-likeness (QED) is 0.829. The van der Waals surface area contributed by atoms with E-state index in [4.69, 9.17) is 0 Å². The first-order valence-corrected chi connectivity index (χ1v) is 7.61. The van der Waals surface area contributed by atoms with Gasteiger partial charge in [-0.15, -0.1) is 0 Å². The van der Waals surface area contributed by atoms with E-state index in [1.54, 1.807) is 6.08 Å². The minimum absolute atomic E-state index is 0.0535. The Bertz CT molecular complexity index is 549. The summed E-state index contributed by atoms with van der Waals surface area (Å²) in [5, 5.41) is 2.70. The van der Waals surface area contributed by atoms with E-state index in [1.807, 2.05) is 30.3 Å². The van der Waals surface area contributed by atoms with Gasteiger partial charge in [-0.1, -0.05) is 30.3 Å². The van der Waals surface area contributed by atoms with Gasteiger partial charge in [0.2, 0.25) is 5.91 Å². The van der Waals surface area contributed by atoms with E-state index < -0.39 is 9.84 Å². The van der Waals surface area contributed by atoms with Gasteiger partial charge in [0.25, 0.3) is 0 Å². The first-order valence-electron chi connectivity index (χ1n) is 5.79. The number of rotatable bonds is 3. The van der Waals surface area contributed by atoms with Crippen LogP contribution in [0.25, 0.3) is 6.08 Å². The van der Waals surface area contributed by atoms with Crippen molar-refractivity contribution < 1.29 is 13.2 Å². The summed E-state index contributed by atoms with van der Waals surface area (Å²) < 4.78 is 22.5. The lowest BCUT2D eigenvalue weighted by Crippen LogP contribution is -2.34. The molecule has 1 unspecified atom stereocenters. The van der Waals surface area contributed by atoms with Gasteiger partial charge in [0.1, 0.15) is 0 Å². The predicted molar refractivity (Wildman–Crippen MR) is 70.7 cm³/mol. The fourth-order valence-corrected chi connectivity index (χ4v) is 3.57. The van der Waals surface area contributed by atoms with Crippen molar-refractivity contribution in [2.45, 2.75) is 12.5 Å². The third-order valence-corrected chi connectivity index (χ3v) is 4.57. The van der Waals surface area contributed by atoms with Gasteiger partial charge in [-0.2, -0.15) is 0 Å². The van der Waals surface area contributed by atoms with Gasteiger partial charge in [-0.05, 0) is 18.1 Å². The van der Waals surface area contributed by atoms with Crippen molar-refractivity contribution in [3.05, 3.63) is 42.0 Å². The van der Waals surface area contributed by atoms with Crippen molar-refractivity contribution in [1.29, 1.82) is 0 Å². The van der Waals surface area contributed by atoms with Gasteiger partial charge in [-0.25, -0.2) is 8.42 Å². The molecule has 18 heavy (non-hydrogen) atoms. The normalized spacial score (nSPS) is 22.1. The molecule has 1 aromatic carbocycles. The number of carbonyl (C=O) groups is 1. The summed E-state index contributed by atoms with van der Waals surface area (Å²) >= 11 is 0. The highest BCUT2D eigenvalue weighted by Crippen LogP contribution is 2.11. The molecule has 0 bridgehead atoms. The number of hydrogen-bond donors (Lipinski definition) is 1. The number of benzene rings is 1. The number of sulfone groups is 1. The maximum absolute atomic E-state index is 11.6. The highest BCUT2D eigenvalue weighted by molar-refractivity contribution is 7.91. The summed E-state index contributed by atoms with van der Waals surface area (Å²) in [5.74, 6) is -0.0286. The maximum Gasteiger partial charge on any atom is 0.244 e. The molecule has 0 aromatic heterocycles. The van der Waals surface area contributed by atoms with E-state index in [0.29, 0.717) is 6.42 Å². The molecule has 0 spiro atoms. The maximum atomic E-state index is 11.6. The molecule has 96 valence electrons. The van der Waals surface area contributed by atoms with Crippen molar-refractivity contribution in [2.75, 3.05) is 11.5 Å². The molecule has 1 saturated heterocycles. The fraction of sp³-hybridized carbons (Fsp3) is 0.308. The van der Waals surface area contributed by atoms with Crippen molar-refractivity contribution in [2.24, 2.45) is 0 Å². The summed E-state index contributed by atoms with van der Waals surface area (Å²) in [6.45, 7) is 0. The molecule has 4 nitrogen and oxygen atoms in total. The van der Waals surface area contributed by atoms with Crippen LogP contribution in [-0.4, -0.2) is 31.9 Å². The lowest BCUT2D eigenvalue weighted by Gasteiger charge is -2.07. The molecule has 1 amide bonds. The summed E-state index contributed by atoms with van der Waals surface area (Å²) in [4.78, 5) is 11.6. The first-order chi connectivity index (χ1) is 8.55. The molecule has 0 aliphatic carbocycles. The third-order valence-electron chi connectivity index (χ3n) is 2.81. The average Bonchev–Trinajstić information content (AvgIpc) is 2.67. The van der Waals surface area contributed by atoms with Crippen LogP contribution in [-0.2, 0) is 14.6 Å². The lowest BCUT2D eigenvalue weighted by molar-refractivity contribution is -0.116. The molecule has 1 heterocycles. The van der Waals surface area contributed by atoms with Crippen LogP contribution >= 0.6 is 0 Å². The second-order valence-electron chi connectivity index (χ2n) is 4.35. The fourth-order valence-electron chi connectivity index (χ4n) is 1.89. The van der Waals surface area contributed by atoms with Crippen LogP contribution in [0.5, 0.6) is 0 Å². The second kappa shape index (κ2) is 5.35. The van der Waals surface area contributed by atoms with E-state index in [0.717, 1.165) is 5.56 Å². The summed E-state index contributed by atoms with van der Waals surface area (Å²) in [6, 6.07) is 9.22. The van der Waals surface area contributed by atoms with Crippen LogP contribution in [0.4, 0.5) is 0 Å². The zero-order valence-corrected chi connectivity index (χ0v) is 10.7. The molecule has 1 aliphatic rings. The Morgan fingerprint density at radius 2 is 2.00 bits per heavy atom. The average molecular weight is 265 g/mol. The van der Waals surface area contributed by atoms with Gasteiger partial charge in [0.15, 0.2) is 9.84 Å². The molecular formula is C13H15NO3S. The Morgan fingerprint density at radius 3 is 2.61 bits per heavy atom. The van der Waals surface area contributed by atoms with Crippen molar-refractivity contribution in [3.8, 4) is 0 Å². The van der Waals surface area contributed by atoms with E-state index in [2.05, 4.69) is 5.32 Å². The van der Waals surface area contributed by atoms with Crippen LogP contribution in [0.15, 0.2) is 36.4 Å². The van der Waals surface area contributed by atoms with E-state index in [9.17, 15) is 13.2 Å². The van der Waals surface area contributed by atoms with Crippen LogP contribution in [0.1, 0.15) is 12.0 Å². The summed E-state index contributed by atoms with van der Waals surface area (Å²) in [6.07, 6.45) is 3.65. The largest absolute Gasteiger partial charge is 0.349 e. The smallest absolute Gasteiger partial charge is 0.244 e. The van der Waals surface area contributed by atoms with Crippen molar-refractivity contribution >= 4 is 21.8 Å². The van der Waals surface area contributed by atoms with Crippen molar-refractivity contribution in [1.82, 2.24) is 5.32 Å². The third kappa shape index (κ3) is 3.70. The number of hydrogen-bond acceptors (Lipinski definition) is 3. The Hall–Kier alpha value is -1.62. The van der Waals surface area contributed by atoms with Crippen LogP contribution in [0, 0.1) is 0 Å². The van der Waals surface area contributed by atoms with Gasteiger partial charge >= 0.3 is 0 Å². The molecule has 0 saturated carbocycles. The minimum Gasteiger partial charge on any atom is -0.349 e. The topological polar surface area (TPSA) is 63.2 Å². The van der Waals surface area contributed by atoms with E-state index in [-0.39, 0.29) is 23.5 Å². The molecule has 1 aliphatic heterocycles. The number of nitrogens with one attached hydrogen (secondary N) is 1. The zero-order valence-electron chi connectivity index (χ0n) is 9.87. The Balaban J connectivity index is 1.88. The summed E-state index contributed by atoms with van der Waals surface area (Å²) in [5.41, 5.74) is 0.937. The highest BCUT2D eigenvalue weighted by Gasteiger charge is 2.28. The van der Waals surface area contributed by atoms with E-state index >= 15 is 0 Å². The molecule has 1 atom stereocenters. The van der Waals surface area contributed by atoms with Gasteiger partial charge in [-0.3, -0.25) is 4.79 Å². The molecule has 1 fully saturated rings. The Morgan fingerprint density at radius 1 is 1.28 bits per heavy atom. The Labute approximate surface area is 107 Å². The SMILES string of the molecule is O=C(/C=C\c1ccccc1)NC1CCS(=O)(=O)C1. The second-order valence-corrected chi connectivity index (χ2v) is 6.58. The minimum atomic E-state index is -2.95. The van der Waals surface area contributed by atoms with Gasteiger partial charge < -0.3 is 5.32 Å². The predicted octanol–water partition coefficient (Wildman–Crippen LogP) is 1.00. The summed E-state index contributed by atoms with van der Waals surface area (Å²) in [7, 11) is -2.95. The van der Waals surface area contributed by atoms with Gasteiger partial charge in [0.05, 0.1) is 11.5 Å². The molecule has 2 rings (SSSR count). The van der Waals surface area contributed by atoms with Crippen LogP contribution in [0.3, 0.4) is 0 Å². The molecule has 1 N–H and O–H groups in total. The highest BCUT2D eigenvalue weighted by atomic mass is 32.2. The molecule has 5 heteroatoms. The molecule has 0 radical (unpaired) electrons. The van der Waals surface area contributed by atoms with Gasteiger partial charge in [0, 0.05) is 12.1 Å². The zero-order chi connectivity index (χ0) is 13.0. The number of carbonyl (C=O) groups excluding carboxylic acids is 1. The van der Waals surface area contributed by atoms with E-state index in [1.165, 1.54) is 6.08 Å². The van der Waals surface area contributed by atoms with Crippen LogP contribution < -0.4 is 5.32 Å². The molecular weight excluding hydrogens is 250 g/mol. The monoisotopic (exact) mass is 265 g/mol. The van der Waals surface area contributed by atoms with Crippen molar-refractivity contribution in [3.63, 3.8) is 0 Å². The Kier molecular flexibility index (Phi) is 3.81. The first kappa shape index (κ1) is 12.8. The van der Waals surface area contributed by atoms with Crippen LogP contribution in [0.2, 0.25) is 0 Å². The lowest BCUT2D eigenvalue weighted by atomic mass is 10.2. The standard InChI is InChI=1S/C13H15NO3S/c15-13(7-6-11-4-2-1-3-5-11)14-12-8-9-18(16,17)10-12/h1-7,12H,8-10H2,(H,14,15)/b7-6-. The molecule has 1 aromatic rings.